The smallest absolute Gasteiger partial charge is 0.169 e. The Morgan fingerprint density at radius 2 is 2.43 bits per heavy atom. The highest BCUT2D eigenvalue weighted by Gasteiger charge is 2.29. The molecule has 1 saturated heterocycles. The van der Waals surface area contributed by atoms with Crippen LogP contribution in [0.5, 0.6) is 0 Å². The van der Waals surface area contributed by atoms with Gasteiger partial charge < -0.3 is 5.32 Å². The Hall–Kier alpha value is -1.16. The predicted molar refractivity (Wildman–Crippen MR) is 53.1 cm³/mol. The van der Waals surface area contributed by atoms with E-state index in [0.29, 0.717) is 5.92 Å². The number of nitrogens with one attached hydrogen (secondary N) is 1. The first kappa shape index (κ1) is 9.40. The highest BCUT2D eigenvalue weighted by molar-refractivity contribution is 5.97. The molecule has 14 heavy (non-hydrogen) atoms. The molecule has 0 spiro atoms. The van der Waals surface area contributed by atoms with Gasteiger partial charge in [-0.05, 0) is 19.0 Å². The average molecular weight is 193 g/mol. The SMILES string of the molecule is CC(C(=O)c1cnn(C)c1)C1CNC1. The molecule has 76 valence electrons. The highest BCUT2D eigenvalue weighted by Crippen LogP contribution is 2.20. The minimum absolute atomic E-state index is 0.112. The molecule has 2 heterocycles. The molecule has 0 aromatic carbocycles. The van der Waals surface area contributed by atoms with Crippen molar-refractivity contribution in [1.82, 2.24) is 15.1 Å². The van der Waals surface area contributed by atoms with Crippen molar-refractivity contribution in [2.45, 2.75) is 6.92 Å². The van der Waals surface area contributed by atoms with E-state index in [0.717, 1.165) is 18.7 Å². The molecule has 1 aliphatic rings. The summed E-state index contributed by atoms with van der Waals surface area (Å²) >= 11 is 0. The van der Waals surface area contributed by atoms with Crippen LogP contribution in [-0.4, -0.2) is 28.7 Å². The number of carbonyl (C=O) groups is 1. The number of aryl methyl sites for hydroxylation is 1. The fourth-order valence-corrected chi connectivity index (χ4v) is 1.69. The number of rotatable bonds is 3. The van der Waals surface area contributed by atoms with Gasteiger partial charge in [0.15, 0.2) is 5.78 Å². The van der Waals surface area contributed by atoms with Crippen molar-refractivity contribution in [3.05, 3.63) is 18.0 Å². The van der Waals surface area contributed by atoms with Crippen LogP contribution in [0.25, 0.3) is 0 Å². The van der Waals surface area contributed by atoms with E-state index in [-0.39, 0.29) is 11.7 Å². The largest absolute Gasteiger partial charge is 0.316 e. The van der Waals surface area contributed by atoms with E-state index >= 15 is 0 Å². The number of Topliss-reactive ketones (excluding diaryl/α,β-unsaturated/α-hetero) is 1. The van der Waals surface area contributed by atoms with Gasteiger partial charge in [0.2, 0.25) is 0 Å². The minimum Gasteiger partial charge on any atom is -0.316 e. The van der Waals surface area contributed by atoms with Gasteiger partial charge >= 0.3 is 0 Å². The first-order valence-corrected chi connectivity index (χ1v) is 4.92. The van der Waals surface area contributed by atoms with Crippen LogP contribution in [0.15, 0.2) is 12.4 Å². The fraction of sp³-hybridized carbons (Fsp3) is 0.600. The maximum absolute atomic E-state index is 11.9. The van der Waals surface area contributed by atoms with Crippen molar-refractivity contribution >= 4 is 5.78 Å². The molecule has 1 unspecified atom stereocenters. The third kappa shape index (κ3) is 1.57. The fourth-order valence-electron chi connectivity index (χ4n) is 1.69. The Labute approximate surface area is 83.3 Å². The molecule has 0 saturated carbocycles. The summed E-state index contributed by atoms with van der Waals surface area (Å²) in [5, 5.41) is 7.18. The molecule has 1 fully saturated rings. The third-order valence-electron chi connectivity index (χ3n) is 2.92. The number of aromatic nitrogens is 2. The van der Waals surface area contributed by atoms with E-state index in [9.17, 15) is 4.79 Å². The molecule has 1 atom stereocenters. The van der Waals surface area contributed by atoms with Crippen molar-refractivity contribution < 1.29 is 4.79 Å². The Morgan fingerprint density at radius 3 is 2.86 bits per heavy atom. The second kappa shape index (κ2) is 3.53. The number of hydrogen-bond donors (Lipinski definition) is 1. The third-order valence-corrected chi connectivity index (χ3v) is 2.92. The molecule has 0 amide bonds. The summed E-state index contributed by atoms with van der Waals surface area (Å²) in [6.45, 7) is 3.93. The van der Waals surface area contributed by atoms with Gasteiger partial charge in [0.05, 0.1) is 11.8 Å². The Bertz CT molecular complexity index is 341. The molecule has 4 heteroatoms. The highest BCUT2D eigenvalue weighted by atomic mass is 16.1. The molecular weight excluding hydrogens is 178 g/mol. The molecule has 1 aromatic heterocycles. The van der Waals surface area contributed by atoms with Crippen LogP contribution in [0.1, 0.15) is 17.3 Å². The first-order chi connectivity index (χ1) is 6.68. The molecule has 1 N–H and O–H groups in total. The van der Waals surface area contributed by atoms with E-state index in [1.165, 1.54) is 0 Å². The summed E-state index contributed by atoms with van der Waals surface area (Å²) < 4.78 is 1.67. The van der Waals surface area contributed by atoms with Crippen molar-refractivity contribution in [3.8, 4) is 0 Å². The van der Waals surface area contributed by atoms with Gasteiger partial charge in [-0.1, -0.05) is 6.92 Å². The van der Waals surface area contributed by atoms with Crippen molar-refractivity contribution in [2.75, 3.05) is 13.1 Å². The van der Waals surface area contributed by atoms with Gasteiger partial charge in [0, 0.05) is 19.2 Å². The monoisotopic (exact) mass is 193 g/mol. The predicted octanol–water partition coefficient (Wildman–Crippen LogP) is 0.458. The molecule has 1 aromatic rings. The molecule has 0 radical (unpaired) electrons. The van der Waals surface area contributed by atoms with Gasteiger partial charge in [0.25, 0.3) is 0 Å². The lowest BCUT2D eigenvalue weighted by atomic mass is 9.84. The van der Waals surface area contributed by atoms with E-state index in [2.05, 4.69) is 10.4 Å². The minimum atomic E-state index is 0.112. The van der Waals surface area contributed by atoms with E-state index < -0.39 is 0 Å². The van der Waals surface area contributed by atoms with E-state index in [4.69, 9.17) is 0 Å². The van der Waals surface area contributed by atoms with Gasteiger partial charge in [-0.15, -0.1) is 0 Å². The Kier molecular flexibility index (Phi) is 2.37. The van der Waals surface area contributed by atoms with Crippen LogP contribution in [-0.2, 0) is 7.05 Å². The maximum atomic E-state index is 11.9. The number of carbonyl (C=O) groups excluding carboxylic acids is 1. The number of nitrogens with zero attached hydrogens (tertiary/aromatic N) is 2. The molecule has 0 aliphatic carbocycles. The van der Waals surface area contributed by atoms with Crippen molar-refractivity contribution in [3.63, 3.8) is 0 Å². The lowest BCUT2D eigenvalue weighted by molar-refractivity contribution is 0.0854. The summed E-state index contributed by atoms with van der Waals surface area (Å²) in [6, 6.07) is 0. The van der Waals surface area contributed by atoms with Crippen LogP contribution < -0.4 is 5.32 Å². The van der Waals surface area contributed by atoms with Crippen molar-refractivity contribution in [2.24, 2.45) is 18.9 Å². The van der Waals surface area contributed by atoms with Gasteiger partial charge in [-0.2, -0.15) is 5.10 Å². The zero-order chi connectivity index (χ0) is 10.1. The van der Waals surface area contributed by atoms with Crippen molar-refractivity contribution in [1.29, 1.82) is 0 Å². The summed E-state index contributed by atoms with van der Waals surface area (Å²) in [4.78, 5) is 11.9. The average Bonchev–Trinajstić information content (AvgIpc) is 2.47. The summed E-state index contributed by atoms with van der Waals surface area (Å²) in [7, 11) is 1.83. The zero-order valence-corrected chi connectivity index (χ0v) is 8.53. The van der Waals surface area contributed by atoms with Crippen LogP contribution in [0.4, 0.5) is 0 Å². The van der Waals surface area contributed by atoms with Gasteiger partial charge in [-0.25, -0.2) is 0 Å². The zero-order valence-electron chi connectivity index (χ0n) is 8.53. The van der Waals surface area contributed by atoms with Crippen LogP contribution >= 0.6 is 0 Å². The van der Waals surface area contributed by atoms with Gasteiger partial charge in [0.1, 0.15) is 0 Å². The molecule has 0 bridgehead atoms. The van der Waals surface area contributed by atoms with Crippen LogP contribution in [0.3, 0.4) is 0 Å². The first-order valence-electron chi connectivity index (χ1n) is 4.92. The lowest BCUT2D eigenvalue weighted by Gasteiger charge is -2.31. The molecule has 1 aliphatic heterocycles. The maximum Gasteiger partial charge on any atom is 0.169 e. The van der Waals surface area contributed by atoms with Crippen LogP contribution in [0.2, 0.25) is 0 Å². The Morgan fingerprint density at radius 1 is 1.71 bits per heavy atom. The standard InChI is InChI=1S/C10H15N3O/c1-7(8-3-11-4-8)10(14)9-5-12-13(2)6-9/h5-8,11H,3-4H2,1-2H3. The molecular formula is C10H15N3O. The summed E-state index contributed by atoms with van der Waals surface area (Å²) in [5.74, 6) is 0.827. The molecule has 2 rings (SSSR count). The second-order valence-electron chi connectivity index (χ2n) is 3.97. The Balaban J connectivity index is 2.07. The van der Waals surface area contributed by atoms with Gasteiger partial charge in [-0.3, -0.25) is 9.48 Å². The topological polar surface area (TPSA) is 46.9 Å². The number of ketones is 1. The van der Waals surface area contributed by atoms with Crippen LogP contribution in [0, 0.1) is 11.8 Å². The molecule has 4 nitrogen and oxygen atoms in total. The second-order valence-corrected chi connectivity index (χ2v) is 3.97. The van der Waals surface area contributed by atoms with E-state index in [1.807, 2.05) is 14.0 Å². The summed E-state index contributed by atoms with van der Waals surface area (Å²) in [6.07, 6.45) is 3.43. The number of hydrogen-bond acceptors (Lipinski definition) is 3. The quantitative estimate of drug-likeness (QED) is 0.709. The van der Waals surface area contributed by atoms with E-state index in [1.54, 1.807) is 17.1 Å². The lowest BCUT2D eigenvalue weighted by Crippen LogP contribution is -2.47. The summed E-state index contributed by atoms with van der Waals surface area (Å²) in [5.41, 5.74) is 0.729. The normalized spacial score (nSPS) is 19.0.